The van der Waals surface area contributed by atoms with E-state index in [0.717, 1.165) is 56.1 Å². The number of nitrogens with zero attached hydrogens (tertiary/aromatic N) is 2. The number of aromatic nitrogens is 2. The van der Waals surface area contributed by atoms with Crippen molar-refractivity contribution >= 4 is 38.3 Å². The molecular formula is C20H24ClN4O3S+. The number of morpholine rings is 1. The lowest BCUT2D eigenvalue weighted by Crippen LogP contribution is -3.14. The van der Waals surface area contributed by atoms with Gasteiger partial charge < -0.3 is 14.2 Å². The molecule has 0 amide bonds. The number of aryl methyl sites for hydroxylation is 1. The molecule has 2 N–H and O–H groups in total. The van der Waals surface area contributed by atoms with Crippen LogP contribution in [-0.2, 0) is 28.2 Å². The van der Waals surface area contributed by atoms with E-state index in [1.165, 1.54) is 17.0 Å². The Hall–Kier alpha value is -2.13. The highest BCUT2D eigenvalue weighted by molar-refractivity contribution is 7.92. The fourth-order valence-corrected chi connectivity index (χ4v) is 4.74. The molecule has 0 saturated carbocycles. The molecule has 154 valence electrons. The second-order valence-electron chi connectivity index (χ2n) is 7.21. The number of anilines is 1. The summed E-state index contributed by atoms with van der Waals surface area (Å²) >= 11 is 5.85. The molecule has 0 bridgehead atoms. The zero-order valence-electron chi connectivity index (χ0n) is 16.2. The van der Waals surface area contributed by atoms with E-state index in [1.807, 2.05) is 13.1 Å². The van der Waals surface area contributed by atoms with Crippen LogP contribution in [0.2, 0.25) is 5.02 Å². The Morgan fingerprint density at radius 1 is 1.17 bits per heavy atom. The van der Waals surface area contributed by atoms with Crippen molar-refractivity contribution in [3.05, 3.63) is 53.3 Å². The maximum Gasteiger partial charge on any atom is 0.261 e. The molecule has 1 saturated heterocycles. The predicted octanol–water partition coefficient (Wildman–Crippen LogP) is 1.49. The van der Waals surface area contributed by atoms with Gasteiger partial charge in [0.25, 0.3) is 10.0 Å². The van der Waals surface area contributed by atoms with Gasteiger partial charge in [-0.15, -0.1) is 0 Å². The maximum absolute atomic E-state index is 12.6. The van der Waals surface area contributed by atoms with Gasteiger partial charge in [-0.3, -0.25) is 4.72 Å². The van der Waals surface area contributed by atoms with Crippen LogP contribution >= 0.6 is 11.6 Å². The van der Waals surface area contributed by atoms with Gasteiger partial charge in [-0.2, -0.15) is 0 Å². The number of benzene rings is 2. The molecule has 0 unspecified atom stereocenters. The Balaban J connectivity index is 1.52. The predicted molar refractivity (Wildman–Crippen MR) is 113 cm³/mol. The third kappa shape index (κ3) is 4.56. The summed E-state index contributed by atoms with van der Waals surface area (Å²) in [4.78, 5) is 6.43. The van der Waals surface area contributed by atoms with Crippen LogP contribution in [0.5, 0.6) is 0 Å². The van der Waals surface area contributed by atoms with E-state index in [4.69, 9.17) is 21.3 Å². The highest BCUT2D eigenvalue weighted by Gasteiger charge is 2.17. The molecule has 0 spiro atoms. The minimum absolute atomic E-state index is 0.164. The summed E-state index contributed by atoms with van der Waals surface area (Å²) in [6.45, 7) is 4.70. The number of imidazole rings is 1. The van der Waals surface area contributed by atoms with E-state index in [1.54, 1.807) is 24.3 Å². The van der Waals surface area contributed by atoms with Gasteiger partial charge in [-0.1, -0.05) is 11.6 Å². The Morgan fingerprint density at radius 3 is 2.62 bits per heavy atom. The Labute approximate surface area is 175 Å². The molecule has 1 aromatic heterocycles. The number of fused-ring (bicyclic) bond motifs is 1. The Bertz CT molecular complexity index is 1110. The van der Waals surface area contributed by atoms with Crippen molar-refractivity contribution in [3.63, 3.8) is 0 Å². The van der Waals surface area contributed by atoms with Crippen molar-refractivity contribution < 1.29 is 18.1 Å². The summed E-state index contributed by atoms with van der Waals surface area (Å²) in [5.41, 5.74) is 2.23. The van der Waals surface area contributed by atoms with Crippen molar-refractivity contribution in [2.24, 2.45) is 7.05 Å². The first-order valence-electron chi connectivity index (χ1n) is 9.57. The molecule has 29 heavy (non-hydrogen) atoms. The van der Waals surface area contributed by atoms with Crippen LogP contribution in [0.3, 0.4) is 0 Å². The largest absolute Gasteiger partial charge is 0.370 e. The van der Waals surface area contributed by atoms with Crippen LogP contribution in [0.25, 0.3) is 11.0 Å². The number of sulfonamides is 1. The highest BCUT2D eigenvalue weighted by atomic mass is 35.5. The molecule has 1 aliphatic heterocycles. The summed E-state index contributed by atoms with van der Waals surface area (Å²) in [6.07, 6.45) is 0.867. The van der Waals surface area contributed by atoms with Crippen molar-refractivity contribution in [3.8, 4) is 0 Å². The normalized spacial score (nSPS) is 15.7. The first-order chi connectivity index (χ1) is 13.9. The van der Waals surface area contributed by atoms with Crippen LogP contribution < -0.4 is 9.62 Å². The fraction of sp³-hybridized carbons (Fsp3) is 0.350. The minimum atomic E-state index is -3.69. The number of quaternary nitrogens is 1. The lowest BCUT2D eigenvalue weighted by molar-refractivity contribution is -0.907. The number of rotatable bonds is 6. The second kappa shape index (κ2) is 8.31. The summed E-state index contributed by atoms with van der Waals surface area (Å²) in [6, 6.07) is 11.5. The van der Waals surface area contributed by atoms with Crippen LogP contribution in [0.4, 0.5) is 5.69 Å². The molecule has 2 aromatic carbocycles. The highest BCUT2D eigenvalue weighted by Crippen LogP contribution is 2.23. The average Bonchev–Trinajstić information content (AvgIpc) is 3.02. The number of halogens is 1. The molecular weight excluding hydrogens is 412 g/mol. The second-order valence-corrected chi connectivity index (χ2v) is 9.33. The van der Waals surface area contributed by atoms with Crippen LogP contribution in [0, 0.1) is 0 Å². The molecule has 4 rings (SSSR count). The number of hydrogen-bond acceptors (Lipinski definition) is 4. The lowest BCUT2D eigenvalue weighted by Gasteiger charge is -2.23. The van der Waals surface area contributed by atoms with E-state index in [-0.39, 0.29) is 4.90 Å². The van der Waals surface area contributed by atoms with Crippen LogP contribution in [-0.4, -0.2) is 50.8 Å². The molecule has 7 nitrogen and oxygen atoms in total. The summed E-state index contributed by atoms with van der Waals surface area (Å²) in [5.74, 6) is 0.997. The molecule has 2 heterocycles. The van der Waals surface area contributed by atoms with Gasteiger partial charge >= 0.3 is 0 Å². The third-order valence-corrected chi connectivity index (χ3v) is 6.90. The molecule has 1 aliphatic rings. The van der Waals surface area contributed by atoms with Gasteiger partial charge in [0, 0.05) is 12.1 Å². The molecule has 0 radical (unpaired) electrons. The third-order valence-electron chi connectivity index (χ3n) is 5.25. The van der Waals surface area contributed by atoms with E-state index < -0.39 is 10.0 Å². The molecule has 0 atom stereocenters. The van der Waals surface area contributed by atoms with E-state index in [0.29, 0.717) is 10.7 Å². The van der Waals surface area contributed by atoms with Crippen molar-refractivity contribution in [1.29, 1.82) is 0 Å². The standard InChI is InChI=1S/C20H23ClN4O3S/c1-24-19-7-4-16(23-29(26,27)17-5-2-15(21)3-6-17)14-18(19)22-20(24)8-9-25-10-12-28-13-11-25/h2-7,14,23H,8-13H2,1H3/p+1. The quantitative estimate of drug-likeness (QED) is 0.615. The van der Waals surface area contributed by atoms with E-state index in [9.17, 15) is 8.42 Å². The SMILES string of the molecule is Cn1c(CC[NH+]2CCOCC2)nc2cc(NS(=O)(=O)c3ccc(Cl)cc3)ccc21. The van der Waals surface area contributed by atoms with Gasteiger partial charge in [-0.25, -0.2) is 13.4 Å². The Kier molecular flexibility index (Phi) is 5.78. The number of nitrogens with one attached hydrogen (secondary N) is 2. The average molecular weight is 436 g/mol. The zero-order chi connectivity index (χ0) is 20.4. The van der Waals surface area contributed by atoms with Gasteiger partial charge in [0.1, 0.15) is 18.9 Å². The lowest BCUT2D eigenvalue weighted by atomic mass is 10.3. The van der Waals surface area contributed by atoms with Gasteiger partial charge in [0.2, 0.25) is 0 Å². The molecule has 9 heteroatoms. The fourth-order valence-electron chi connectivity index (χ4n) is 3.56. The summed E-state index contributed by atoms with van der Waals surface area (Å²) in [5, 5.41) is 0.491. The topological polar surface area (TPSA) is 77.7 Å². The molecule has 3 aromatic rings. The summed E-state index contributed by atoms with van der Waals surface area (Å²) < 4.78 is 35.3. The first kappa shape index (κ1) is 20.2. The number of ether oxygens (including phenoxy) is 1. The van der Waals surface area contributed by atoms with Gasteiger partial charge in [-0.05, 0) is 42.5 Å². The molecule has 1 fully saturated rings. The summed E-state index contributed by atoms with van der Waals surface area (Å²) in [7, 11) is -1.69. The zero-order valence-corrected chi connectivity index (χ0v) is 17.8. The first-order valence-corrected chi connectivity index (χ1v) is 11.4. The van der Waals surface area contributed by atoms with Crippen molar-refractivity contribution in [1.82, 2.24) is 9.55 Å². The van der Waals surface area contributed by atoms with Crippen molar-refractivity contribution in [2.45, 2.75) is 11.3 Å². The Morgan fingerprint density at radius 2 is 1.90 bits per heavy atom. The smallest absolute Gasteiger partial charge is 0.261 e. The van der Waals surface area contributed by atoms with E-state index in [2.05, 4.69) is 9.29 Å². The van der Waals surface area contributed by atoms with Crippen LogP contribution in [0.1, 0.15) is 5.82 Å². The van der Waals surface area contributed by atoms with Crippen molar-refractivity contribution in [2.75, 3.05) is 37.6 Å². The van der Waals surface area contributed by atoms with Gasteiger partial charge in [0.05, 0.1) is 47.8 Å². The monoisotopic (exact) mass is 435 g/mol. The number of hydrogen-bond donors (Lipinski definition) is 2. The van der Waals surface area contributed by atoms with Gasteiger partial charge in [0.15, 0.2) is 0 Å². The molecule has 0 aliphatic carbocycles. The minimum Gasteiger partial charge on any atom is -0.370 e. The van der Waals surface area contributed by atoms with E-state index >= 15 is 0 Å². The van der Waals surface area contributed by atoms with Crippen LogP contribution in [0.15, 0.2) is 47.4 Å². The maximum atomic E-state index is 12.6.